The second kappa shape index (κ2) is 13.9. The number of benzene rings is 3. The number of morpholine rings is 1. The van der Waals surface area contributed by atoms with Gasteiger partial charge in [-0.15, -0.1) is 0 Å². The van der Waals surface area contributed by atoms with Crippen LogP contribution in [0.15, 0.2) is 103 Å². The number of carbonyl (C=O) groups is 2. The monoisotopic (exact) mass is 562 g/mol. The largest absolute Gasteiger partial charge is 0.378 e. The molecule has 42 heavy (non-hydrogen) atoms. The van der Waals surface area contributed by atoms with Crippen LogP contribution in [-0.4, -0.2) is 48.0 Å². The van der Waals surface area contributed by atoms with Gasteiger partial charge in [0.05, 0.1) is 19.6 Å². The van der Waals surface area contributed by atoms with Crippen LogP contribution in [0.25, 0.3) is 0 Å². The number of nitrogens with one attached hydrogen (secondary N) is 1. The molecule has 1 atom stereocenters. The third-order valence-corrected chi connectivity index (χ3v) is 7.58. The zero-order valence-corrected chi connectivity index (χ0v) is 24.3. The van der Waals surface area contributed by atoms with Crippen LogP contribution >= 0.6 is 0 Å². The summed E-state index contributed by atoms with van der Waals surface area (Å²) < 4.78 is 5.47. The predicted molar refractivity (Wildman–Crippen MR) is 166 cm³/mol. The first-order valence-electron chi connectivity index (χ1n) is 14.5. The van der Waals surface area contributed by atoms with E-state index in [1.807, 2.05) is 91.0 Å². The van der Waals surface area contributed by atoms with Crippen LogP contribution in [-0.2, 0) is 27.3 Å². The molecule has 1 saturated heterocycles. The minimum absolute atomic E-state index is 0.138. The first kappa shape index (κ1) is 29.0. The Morgan fingerprint density at radius 3 is 2.17 bits per heavy atom. The average Bonchev–Trinajstić information content (AvgIpc) is 3.03. The van der Waals surface area contributed by atoms with Crippen molar-refractivity contribution >= 4 is 23.2 Å². The van der Waals surface area contributed by atoms with Gasteiger partial charge in [-0.2, -0.15) is 0 Å². The predicted octanol–water partition coefficient (Wildman–Crippen LogP) is 5.99. The van der Waals surface area contributed by atoms with Crippen molar-refractivity contribution in [3.8, 4) is 0 Å². The molecule has 1 aliphatic heterocycles. The van der Waals surface area contributed by atoms with Gasteiger partial charge in [0.15, 0.2) is 0 Å². The summed E-state index contributed by atoms with van der Waals surface area (Å²) in [5.74, 6) is -0.0555. The molecule has 0 radical (unpaired) electrons. The van der Waals surface area contributed by atoms with Gasteiger partial charge in [-0.05, 0) is 58.5 Å². The van der Waals surface area contributed by atoms with E-state index in [0.717, 1.165) is 35.5 Å². The number of aromatic nitrogens is 1. The molecule has 1 N–H and O–H groups in total. The highest BCUT2D eigenvalue weighted by atomic mass is 16.5. The fourth-order valence-corrected chi connectivity index (χ4v) is 5.21. The average molecular weight is 563 g/mol. The van der Waals surface area contributed by atoms with Gasteiger partial charge in [0.2, 0.25) is 5.91 Å². The number of hydrogen-bond acceptors (Lipinski definition) is 5. The maximum absolute atomic E-state index is 14.2. The van der Waals surface area contributed by atoms with Crippen LogP contribution in [0.3, 0.4) is 0 Å². The van der Waals surface area contributed by atoms with Crippen LogP contribution in [0.5, 0.6) is 0 Å². The number of rotatable bonds is 10. The second-order valence-corrected chi connectivity index (χ2v) is 10.9. The van der Waals surface area contributed by atoms with Gasteiger partial charge in [0.25, 0.3) is 5.91 Å². The maximum Gasteiger partial charge on any atom is 0.251 e. The van der Waals surface area contributed by atoms with Crippen molar-refractivity contribution in [2.45, 2.75) is 38.8 Å². The molecule has 0 saturated carbocycles. The lowest BCUT2D eigenvalue weighted by molar-refractivity contribution is -0.139. The van der Waals surface area contributed by atoms with Gasteiger partial charge >= 0.3 is 0 Å². The highest BCUT2D eigenvalue weighted by Crippen LogP contribution is 2.28. The van der Waals surface area contributed by atoms with E-state index in [-0.39, 0.29) is 24.8 Å². The molecule has 0 unspecified atom stereocenters. The molecule has 0 spiro atoms. The molecule has 5 rings (SSSR count). The van der Waals surface area contributed by atoms with Crippen LogP contribution in [0.1, 0.15) is 48.1 Å². The van der Waals surface area contributed by atoms with E-state index in [1.165, 1.54) is 5.56 Å². The minimum Gasteiger partial charge on any atom is -0.378 e. The first-order valence-corrected chi connectivity index (χ1v) is 14.5. The summed E-state index contributed by atoms with van der Waals surface area (Å²) in [6, 6.07) is 28.4. The molecule has 1 fully saturated rings. The number of hydrogen-bond donors (Lipinski definition) is 1. The third-order valence-electron chi connectivity index (χ3n) is 7.58. The number of carbonyl (C=O) groups excluding carboxylic acids is 2. The van der Waals surface area contributed by atoms with Crippen molar-refractivity contribution < 1.29 is 14.3 Å². The van der Waals surface area contributed by atoms with Crippen molar-refractivity contribution in [2.75, 3.05) is 36.5 Å². The van der Waals surface area contributed by atoms with Crippen LogP contribution in [0.2, 0.25) is 0 Å². The summed E-state index contributed by atoms with van der Waals surface area (Å²) in [5, 5.41) is 3.10. The number of amides is 2. The van der Waals surface area contributed by atoms with Gasteiger partial charge in [0, 0.05) is 43.4 Å². The summed E-state index contributed by atoms with van der Waals surface area (Å²) >= 11 is 0. The third kappa shape index (κ3) is 7.42. The summed E-state index contributed by atoms with van der Waals surface area (Å²) in [6.07, 6.45) is 3.63. The Labute approximate surface area is 248 Å². The molecule has 3 aromatic carbocycles. The van der Waals surface area contributed by atoms with E-state index in [4.69, 9.17) is 4.74 Å². The second-order valence-electron chi connectivity index (χ2n) is 10.9. The summed E-state index contributed by atoms with van der Waals surface area (Å²) in [4.78, 5) is 36.3. The van der Waals surface area contributed by atoms with Crippen LogP contribution in [0, 0.1) is 0 Å². The van der Waals surface area contributed by atoms with Gasteiger partial charge in [-0.3, -0.25) is 14.6 Å². The van der Waals surface area contributed by atoms with E-state index >= 15 is 0 Å². The van der Waals surface area contributed by atoms with Gasteiger partial charge < -0.3 is 19.9 Å². The fourth-order valence-electron chi connectivity index (χ4n) is 5.21. The van der Waals surface area contributed by atoms with Crippen molar-refractivity contribution in [1.29, 1.82) is 0 Å². The molecule has 7 heteroatoms. The summed E-state index contributed by atoms with van der Waals surface area (Å²) in [5.41, 5.74) is 5.45. The van der Waals surface area contributed by atoms with Crippen LogP contribution < -0.4 is 10.2 Å². The number of pyridine rings is 1. The summed E-state index contributed by atoms with van der Waals surface area (Å²) in [6.45, 7) is 7.62. The molecular weight excluding hydrogens is 524 g/mol. The van der Waals surface area contributed by atoms with Gasteiger partial charge in [0.1, 0.15) is 6.04 Å². The lowest BCUT2D eigenvalue weighted by Crippen LogP contribution is -2.41. The minimum atomic E-state index is -0.846. The molecule has 2 heterocycles. The Kier molecular flexibility index (Phi) is 9.62. The molecule has 1 aliphatic rings. The Hall–Kier alpha value is -4.49. The molecule has 216 valence electrons. The lowest BCUT2D eigenvalue weighted by Gasteiger charge is -2.32. The Bertz CT molecular complexity index is 1440. The first-order chi connectivity index (χ1) is 20.5. The lowest BCUT2D eigenvalue weighted by atomic mass is 9.97. The molecule has 4 aromatic rings. The highest BCUT2D eigenvalue weighted by Gasteiger charge is 2.32. The van der Waals surface area contributed by atoms with E-state index in [0.29, 0.717) is 24.8 Å². The molecule has 1 aromatic heterocycles. The smallest absolute Gasteiger partial charge is 0.251 e. The molecule has 0 aliphatic carbocycles. The molecular formula is C35H38N4O3. The zero-order chi connectivity index (χ0) is 29.3. The van der Waals surface area contributed by atoms with E-state index < -0.39 is 6.04 Å². The normalized spacial score (nSPS) is 13.9. The Morgan fingerprint density at radius 1 is 0.857 bits per heavy atom. The van der Waals surface area contributed by atoms with Gasteiger partial charge in [-0.25, -0.2) is 0 Å². The molecule has 0 bridgehead atoms. The zero-order valence-electron chi connectivity index (χ0n) is 24.3. The van der Waals surface area contributed by atoms with E-state index in [2.05, 4.69) is 29.0 Å². The quantitative estimate of drug-likeness (QED) is 0.257. The standard InChI is InChI=1S/C35H38N4O3/c1-26(2)29-10-12-30(13-11-29)34(35(41)37-31-14-16-32(17-15-31)38-19-21-42-22-20-38)39(25-28-9-6-18-36-24-28)33(40)23-27-7-4-3-5-8-27/h3-18,24,26,34H,19-23,25H2,1-2H3,(H,37,41)/t34-/m0/s1. The van der Waals surface area contributed by atoms with Gasteiger partial charge in [-0.1, -0.05) is 74.5 Å². The Balaban J connectivity index is 1.47. The number of nitrogens with zero attached hydrogens (tertiary/aromatic N) is 3. The number of anilines is 2. The highest BCUT2D eigenvalue weighted by molar-refractivity contribution is 5.98. The van der Waals surface area contributed by atoms with Crippen molar-refractivity contribution in [3.63, 3.8) is 0 Å². The molecule has 7 nitrogen and oxygen atoms in total. The topological polar surface area (TPSA) is 74.8 Å². The number of ether oxygens (including phenoxy) is 1. The van der Waals surface area contributed by atoms with Crippen molar-refractivity contribution in [3.05, 3.63) is 126 Å². The fraction of sp³-hybridized carbons (Fsp3) is 0.286. The molecule has 2 amide bonds. The van der Waals surface area contributed by atoms with Crippen molar-refractivity contribution in [2.24, 2.45) is 0 Å². The Morgan fingerprint density at radius 2 is 1.52 bits per heavy atom. The van der Waals surface area contributed by atoms with Crippen molar-refractivity contribution in [1.82, 2.24) is 9.88 Å². The SMILES string of the molecule is CC(C)c1ccc([C@@H](C(=O)Nc2ccc(N3CCOCC3)cc2)N(Cc2cccnc2)C(=O)Cc2ccccc2)cc1. The van der Waals surface area contributed by atoms with E-state index in [1.54, 1.807) is 17.3 Å². The summed E-state index contributed by atoms with van der Waals surface area (Å²) in [7, 11) is 0. The van der Waals surface area contributed by atoms with E-state index in [9.17, 15) is 9.59 Å². The maximum atomic E-state index is 14.2. The van der Waals surface area contributed by atoms with Crippen LogP contribution in [0.4, 0.5) is 11.4 Å².